The number of aromatic nitrogens is 2. The van der Waals surface area contributed by atoms with E-state index in [4.69, 9.17) is 0 Å². The summed E-state index contributed by atoms with van der Waals surface area (Å²) in [6, 6.07) is 0.584. The Labute approximate surface area is 115 Å². The highest BCUT2D eigenvalue weighted by Gasteiger charge is 2.23. The van der Waals surface area contributed by atoms with E-state index in [1.807, 2.05) is 13.8 Å². The van der Waals surface area contributed by atoms with Crippen molar-refractivity contribution >= 4 is 34.1 Å². The van der Waals surface area contributed by atoms with Gasteiger partial charge >= 0.3 is 0 Å². The Bertz CT molecular complexity index is 406. The van der Waals surface area contributed by atoms with E-state index in [0.29, 0.717) is 6.04 Å². The van der Waals surface area contributed by atoms with E-state index in [9.17, 15) is 4.79 Å². The van der Waals surface area contributed by atoms with Crippen LogP contribution in [-0.2, 0) is 4.79 Å². The van der Waals surface area contributed by atoms with E-state index in [1.54, 1.807) is 0 Å². The third-order valence-electron chi connectivity index (χ3n) is 2.51. The molecule has 1 aliphatic carbocycles. The molecule has 0 aromatic carbocycles. The monoisotopic (exact) mass is 286 g/mol. The minimum atomic E-state index is -0.127. The van der Waals surface area contributed by atoms with Gasteiger partial charge in [-0.3, -0.25) is 4.79 Å². The maximum absolute atomic E-state index is 11.7. The Morgan fingerprint density at radius 2 is 2.33 bits per heavy atom. The van der Waals surface area contributed by atoms with Crippen LogP contribution in [-0.4, -0.2) is 33.9 Å². The molecule has 1 saturated carbocycles. The molecule has 2 rings (SSSR count). The van der Waals surface area contributed by atoms with Crippen LogP contribution in [0.25, 0.3) is 0 Å². The number of nitrogens with zero attached hydrogens (tertiary/aromatic N) is 2. The summed E-state index contributed by atoms with van der Waals surface area (Å²) in [5.74, 6) is 0.0637. The largest absolute Gasteiger partial charge is 0.357 e. The fraction of sp³-hybridized carbons (Fsp3) is 0.727. The predicted molar refractivity (Wildman–Crippen MR) is 75.2 cm³/mol. The van der Waals surface area contributed by atoms with Gasteiger partial charge in [-0.15, -0.1) is 10.2 Å². The molecule has 1 unspecified atom stereocenters. The number of rotatable bonds is 7. The Hall–Kier alpha value is -0.820. The number of nitrogens with one attached hydrogen (secondary N) is 2. The molecule has 1 aromatic heterocycles. The Kier molecular flexibility index (Phi) is 4.82. The van der Waals surface area contributed by atoms with Crippen LogP contribution in [0.1, 0.15) is 33.1 Å². The molecule has 0 aliphatic heterocycles. The molecule has 100 valence electrons. The number of carbonyl (C=O) groups excluding carboxylic acids is 1. The molecule has 2 N–H and O–H groups in total. The molecular weight excluding hydrogens is 268 g/mol. The van der Waals surface area contributed by atoms with Crippen LogP contribution in [0.5, 0.6) is 0 Å². The summed E-state index contributed by atoms with van der Waals surface area (Å²) >= 11 is 2.98. The molecule has 1 fully saturated rings. The van der Waals surface area contributed by atoms with E-state index in [2.05, 4.69) is 20.8 Å². The van der Waals surface area contributed by atoms with Gasteiger partial charge in [-0.25, -0.2) is 0 Å². The van der Waals surface area contributed by atoms with Crippen molar-refractivity contribution in [1.29, 1.82) is 0 Å². The van der Waals surface area contributed by atoms with Crippen LogP contribution in [0, 0.1) is 0 Å². The maximum atomic E-state index is 11.7. The number of carbonyl (C=O) groups is 1. The molecule has 1 aromatic rings. The van der Waals surface area contributed by atoms with Crippen molar-refractivity contribution in [3.63, 3.8) is 0 Å². The van der Waals surface area contributed by atoms with E-state index in [0.717, 1.165) is 22.4 Å². The number of thioether (sulfide) groups is 1. The lowest BCUT2D eigenvalue weighted by atomic mass is 10.4. The molecule has 1 aliphatic rings. The summed E-state index contributed by atoms with van der Waals surface area (Å²) in [6.07, 6.45) is 3.40. The van der Waals surface area contributed by atoms with Gasteiger partial charge in [0.1, 0.15) is 0 Å². The van der Waals surface area contributed by atoms with Crippen molar-refractivity contribution in [2.24, 2.45) is 0 Å². The van der Waals surface area contributed by atoms with Crippen LogP contribution in [0.4, 0.5) is 5.13 Å². The predicted octanol–water partition coefficient (Wildman–Crippen LogP) is 2.12. The molecule has 18 heavy (non-hydrogen) atoms. The average molecular weight is 286 g/mol. The summed E-state index contributed by atoms with van der Waals surface area (Å²) in [5.41, 5.74) is 0. The molecule has 7 heteroatoms. The highest BCUT2D eigenvalue weighted by molar-refractivity contribution is 8.02. The van der Waals surface area contributed by atoms with Gasteiger partial charge in [-0.05, 0) is 26.2 Å². The zero-order chi connectivity index (χ0) is 13.0. The number of hydrogen-bond donors (Lipinski definition) is 2. The van der Waals surface area contributed by atoms with Crippen LogP contribution in [0.3, 0.4) is 0 Å². The maximum Gasteiger partial charge on any atom is 0.233 e. The average Bonchev–Trinajstić information content (AvgIpc) is 3.06. The van der Waals surface area contributed by atoms with E-state index >= 15 is 0 Å². The van der Waals surface area contributed by atoms with E-state index in [-0.39, 0.29) is 11.2 Å². The summed E-state index contributed by atoms with van der Waals surface area (Å²) < 4.78 is 0.845. The second-order valence-corrected chi connectivity index (χ2v) is 6.91. The normalized spacial score (nSPS) is 16.3. The Morgan fingerprint density at radius 1 is 1.56 bits per heavy atom. The molecule has 5 nitrogen and oxygen atoms in total. The molecule has 1 amide bonds. The van der Waals surface area contributed by atoms with Crippen molar-refractivity contribution in [3.05, 3.63) is 0 Å². The van der Waals surface area contributed by atoms with Gasteiger partial charge in [-0.1, -0.05) is 30.0 Å². The number of hydrogen-bond acceptors (Lipinski definition) is 6. The van der Waals surface area contributed by atoms with Gasteiger partial charge in [0, 0.05) is 12.6 Å². The minimum absolute atomic E-state index is 0.0637. The minimum Gasteiger partial charge on any atom is -0.357 e. The number of anilines is 1. The van der Waals surface area contributed by atoms with Gasteiger partial charge in [0.15, 0.2) is 4.34 Å². The standard InChI is InChI=1S/C11H18N4OS2/c1-3-6-12-9(16)7(2)17-11-15-14-10(18-11)13-8-4-5-8/h7-8H,3-6H2,1-2H3,(H,12,16)(H,13,14). The molecule has 0 saturated heterocycles. The van der Waals surface area contributed by atoms with Gasteiger partial charge in [0.2, 0.25) is 11.0 Å². The van der Waals surface area contributed by atoms with Crippen LogP contribution in [0.2, 0.25) is 0 Å². The lowest BCUT2D eigenvalue weighted by Crippen LogP contribution is -2.31. The van der Waals surface area contributed by atoms with Crippen molar-refractivity contribution in [1.82, 2.24) is 15.5 Å². The molecule has 0 spiro atoms. The molecule has 1 atom stereocenters. The van der Waals surface area contributed by atoms with Crippen molar-refractivity contribution < 1.29 is 4.79 Å². The van der Waals surface area contributed by atoms with Crippen LogP contribution < -0.4 is 10.6 Å². The first-order chi connectivity index (χ1) is 8.69. The topological polar surface area (TPSA) is 66.9 Å². The fourth-order valence-electron chi connectivity index (χ4n) is 1.31. The van der Waals surface area contributed by atoms with E-state index < -0.39 is 0 Å². The fourth-order valence-corrected chi connectivity index (χ4v) is 3.31. The first kappa shape index (κ1) is 13.6. The van der Waals surface area contributed by atoms with Crippen molar-refractivity contribution in [2.75, 3.05) is 11.9 Å². The van der Waals surface area contributed by atoms with E-state index in [1.165, 1.54) is 35.9 Å². The summed E-state index contributed by atoms with van der Waals surface area (Å²) in [4.78, 5) is 11.7. The SMILES string of the molecule is CCCNC(=O)C(C)Sc1nnc(NC2CC2)s1. The summed E-state index contributed by atoms with van der Waals surface area (Å²) in [6.45, 7) is 4.66. The molecule has 1 heterocycles. The van der Waals surface area contributed by atoms with Crippen LogP contribution >= 0.6 is 23.1 Å². The van der Waals surface area contributed by atoms with Gasteiger partial charge in [0.25, 0.3) is 0 Å². The molecule has 0 bridgehead atoms. The first-order valence-electron chi connectivity index (χ1n) is 6.23. The highest BCUT2D eigenvalue weighted by atomic mass is 32.2. The second kappa shape index (κ2) is 6.38. The van der Waals surface area contributed by atoms with Crippen molar-refractivity contribution in [2.45, 2.75) is 48.7 Å². The molecule has 0 radical (unpaired) electrons. The Morgan fingerprint density at radius 3 is 3.00 bits per heavy atom. The smallest absolute Gasteiger partial charge is 0.233 e. The third kappa shape index (κ3) is 4.13. The zero-order valence-electron chi connectivity index (χ0n) is 10.6. The summed E-state index contributed by atoms with van der Waals surface area (Å²) in [7, 11) is 0. The first-order valence-corrected chi connectivity index (χ1v) is 7.93. The quantitative estimate of drug-likeness (QED) is 0.752. The van der Waals surface area contributed by atoms with Gasteiger partial charge in [-0.2, -0.15) is 0 Å². The lowest BCUT2D eigenvalue weighted by molar-refractivity contribution is -0.120. The van der Waals surface area contributed by atoms with Gasteiger partial charge < -0.3 is 10.6 Å². The molecular formula is C11H18N4OS2. The summed E-state index contributed by atoms with van der Waals surface area (Å²) in [5, 5.41) is 15.1. The van der Waals surface area contributed by atoms with Crippen LogP contribution in [0.15, 0.2) is 4.34 Å². The lowest BCUT2D eigenvalue weighted by Gasteiger charge is -2.08. The van der Waals surface area contributed by atoms with Crippen molar-refractivity contribution in [3.8, 4) is 0 Å². The van der Waals surface area contributed by atoms with Gasteiger partial charge in [0.05, 0.1) is 5.25 Å². The third-order valence-corrected chi connectivity index (χ3v) is 4.55. The number of amides is 1. The zero-order valence-corrected chi connectivity index (χ0v) is 12.2. The highest BCUT2D eigenvalue weighted by Crippen LogP contribution is 2.31. The Balaban J connectivity index is 1.80. The second-order valence-electron chi connectivity index (χ2n) is 4.34.